The number of aromatic nitrogens is 4. The molecule has 0 bridgehead atoms. The van der Waals surface area contributed by atoms with Crippen molar-refractivity contribution in [1.29, 1.82) is 0 Å². The molecule has 0 aliphatic rings. The number of benzene rings is 1. The van der Waals surface area contributed by atoms with Crippen molar-refractivity contribution in [3.63, 3.8) is 0 Å². The summed E-state index contributed by atoms with van der Waals surface area (Å²) in [5.41, 5.74) is 5.13. The highest BCUT2D eigenvalue weighted by atomic mass is 15.5. The molecule has 0 aliphatic heterocycles. The average molecular weight is 329 g/mol. The zero-order chi connectivity index (χ0) is 17.5. The summed E-state index contributed by atoms with van der Waals surface area (Å²) in [6.45, 7) is 11.1. The zero-order valence-corrected chi connectivity index (χ0v) is 15.8. The Morgan fingerprint density at radius 2 is 1.71 bits per heavy atom. The highest BCUT2D eigenvalue weighted by Gasteiger charge is 2.18. The molecule has 0 aliphatic carbocycles. The van der Waals surface area contributed by atoms with Crippen LogP contribution >= 0.6 is 0 Å². The summed E-state index contributed by atoms with van der Waals surface area (Å²) in [6, 6.07) is 4.61. The van der Waals surface area contributed by atoms with Gasteiger partial charge in [-0.25, -0.2) is 4.68 Å². The number of hydrogen-bond acceptors (Lipinski definition) is 4. The number of hydrogen-bond donors (Lipinski definition) is 0. The largest absolute Gasteiger partial charge is 0.371 e. The zero-order valence-electron chi connectivity index (χ0n) is 15.8. The first-order chi connectivity index (χ1) is 11.6. The van der Waals surface area contributed by atoms with Crippen molar-refractivity contribution < 1.29 is 0 Å². The van der Waals surface area contributed by atoms with Crippen LogP contribution in [0.15, 0.2) is 12.1 Å². The Balaban J connectivity index is 2.52. The maximum absolute atomic E-state index is 4.27. The molecule has 5 nitrogen and oxygen atoms in total. The first-order valence-electron chi connectivity index (χ1n) is 9.23. The van der Waals surface area contributed by atoms with Gasteiger partial charge in [0.05, 0.1) is 0 Å². The molecule has 0 unspecified atom stereocenters. The van der Waals surface area contributed by atoms with Crippen molar-refractivity contribution in [2.24, 2.45) is 7.05 Å². The van der Waals surface area contributed by atoms with E-state index in [-0.39, 0.29) is 0 Å². The van der Waals surface area contributed by atoms with Crippen molar-refractivity contribution in [2.45, 2.75) is 59.8 Å². The van der Waals surface area contributed by atoms with Gasteiger partial charge in [0.2, 0.25) is 0 Å². The van der Waals surface area contributed by atoms with Gasteiger partial charge in [0, 0.05) is 31.4 Å². The SMILES string of the molecule is CCCCN(CCCC)c1cc(C)c(CC)cc1-c1nnnn1C. The number of nitrogens with zero attached hydrogens (tertiary/aromatic N) is 5. The molecule has 0 spiro atoms. The molecule has 0 atom stereocenters. The summed E-state index contributed by atoms with van der Waals surface area (Å²) in [5, 5.41) is 12.1. The highest BCUT2D eigenvalue weighted by molar-refractivity contribution is 5.76. The molecule has 2 aromatic rings. The van der Waals surface area contributed by atoms with Crippen LogP contribution in [0.4, 0.5) is 5.69 Å². The van der Waals surface area contributed by atoms with E-state index in [1.54, 1.807) is 4.68 Å². The standard InChI is InChI=1S/C19H31N5/c1-6-9-11-24(12-10-7-2)18-13-15(4)16(8-3)14-17(18)19-20-21-22-23(19)5/h13-14H,6-12H2,1-5H3. The summed E-state index contributed by atoms with van der Waals surface area (Å²) in [5.74, 6) is 0.845. The van der Waals surface area contributed by atoms with Gasteiger partial charge in [0.25, 0.3) is 0 Å². The molecule has 0 amide bonds. The molecule has 1 heterocycles. The monoisotopic (exact) mass is 329 g/mol. The van der Waals surface area contributed by atoms with Crippen LogP contribution < -0.4 is 4.90 Å². The average Bonchev–Trinajstić information content (AvgIpc) is 3.01. The fourth-order valence-corrected chi connectivity index (χ4v) is 3.07. The van der Waals surface area contributed by atoms with Gasteiger partial charge in [0.1, 0.15) is 0 Å². The Hall–Kier alpha value is -1.91. The minimum atomic E-state index is 0.845. The summed E-state index contributed by atoms with van der Waals surface area (Å²) in [4.78, 5) is 2.52. The third-order valence-electron chi connectivity index (χ3n) is 4.60. The van der Waals surface area contributed by atoms with E-state index in [0.29, 0.717) is 0 Å². The maximum atomic E-state index is 4.27. The lowest BCUT2D eigenvalue weighted by Gasteiger charge is -2.28. The topological polar surface area (TPSA) is 46.8 Å². The van der Waals surface area contributed by atoms with Crippen LogP contribution in [0.3, 0.4) is 0 Å². The van der Waals surface area contributed by atoms with E-state index in [0.717, 1.165) is 30.9 Å². The number of tetrazole rings is 1. The first kappa shape index (κ1) is 18.4. The van der Waals surface area contributed by atoms with E-state index in [2.05, 4.69) is 60.3 Å². The van der Waals surface area contributed by atoms with Gasteiger partial charge in [0.15, 0.2) is 5.82 Å². The van der Waals surface area contributed by atoms with E-state index in [9.17, 15) is 0 Å². The molecule has 0 fully saturated rings. The second-order valence-electron chi connectivity index (χ2n) is 6.47. The smallest absolute Gasteiger partial charge is 0.183 e. The number of anilines is 1. The summed E-state index contributed by atoms with van der Waals surface area (Å²) >= 11 is 0. The predicted molar refractivity (Wildman–Crippen MR) is 100 cm³/mol. The quantitative estimate of drug-likeness (QED) is 0.693. The van der Waals surface area contributed by atoms with E-state index in [4.69, 9.17) is 0 Å². The van der Waals surface area contributed by atoms with Crippen molar-refractivity contribution in [3.8, 4) is 11.4 Å². The van der Waals surface area contributed by atoms with Gasteiger partial charge in [-0.15, -0.1) is 5.10 Å². The maximum Gasteiger partial charge on any atom is 0.183 e. The second kappa shape index (κ2) is 8.81. The molecule has 0 radical (unpaired) electrons. The number of rotatable bonds is 9. The lowest BCUT2D eigenvalue weighted by Crippen LogP contribution is -2.26. The molecule has 0 saturated carbocycles. The Morgan fingerprint density at radius 3 is 2.21 bits per heavy atom. The van der Waals surface area contributed by atoms with Crippen LogP contribution in [0.1, 0.15) is 57.6 Å². The Morgan fingerprint density at radius 1 is 1.04 bits per heavy atom. The van der Waals surface area contributed by atoms with Crippen LogP contribution in [0.5, 0.6) is 0 Å². The molecule has 2 rings (SSSR count). The van der Waals surface area contributed by atoms with Crippen LogP contribution in [0, 0.1) is 6.92 Å². The summed E-state index contributed by atoms with van der Waals surface area (Å²) < 4.78 is 1.77. The van der Waals surface area contributed by atoms with E-state index >= 15 is 0 Å². The molecule has 5 heteroatoms. The highest BCUT2D eigenvalue weighted by Crippen LogP contribution is 2.33. The van der Waals surface area contributed by atoms with Gasteiger partial charge in [-0.2, -0.15) is 0 Å². The Labute approximate surface area is 146 Å². The van der Waals surface area contributed by atoms with Gasteiger partial charge >= 0.3 is 0 Å². The lowest BCUT2D eigenvalue weighted by atomic mass is 9.99. The second-order valence-corrected chi connectivity index (χ2v) is 6.47. The minimum absolute atomic E-state index is 0.845. The molecule has 1 aromatic heterocycles. The third kappa shape index (κ3) is 4.13. The van der Waals surface area contributed by atoms with E-state index in [1.807, 2.05) is 7.05 Å². The van der Waals surface area contributed by atoms with Gasteiger partial charge in [-0.3, -0.25) is 0 Å². The summed E-state index contributed by atoms with van der Waals surface area (Å²) in [6.07, 6.45) is 5.84. The van der Waals surface area contributed by atoms with Crippen molar-refractivity contribution >= 4 is 5.69 Å². The Kier molecular flexibility index (Phi) is 6.76. The van der Waals surface area contributed by atoms with Crippen molar-refractivity contribution in [1.82, 2.24) is 20.2 Å². The van der Waals surface area contributed by atoms with E-state index in [1.165, 1.54) is 42.5 Å². The molecule has 132 valence electrons. The number of aryl methyl sites for hydroxylation is 3. The fraction of sp³-hybridized carbons (Fsp3) is 0.632. The molecular formula is C19H31N5. The fourth-order valence-electron chi connectivity index (χ4n) is 3.07. The van der Waals surface area contributed by atoms with Gasteiger partial charge in [-0.05, 0) is 59.9 Å². The molecule has 24 heavy (non-hydrogen) atoms. The third-order valence-corrected chi connectivity index (χ3v) is 4.60. The first-order valence-corrected chi connectivity index (χ1v) is 9.23. The predicted octanol–water partition coefficient (Wildman–Crippen LogP) is 4.15. The molecular weight excluding hydrogens is 298 g/mol. The molecule has 1 aromatic carbocycles. The molecule has 0 saturated heterocycles. The Bertz CT molecular complexity index is 639. The van der Waals surface area contributed by atoms with Crippen LogP contribution in [-0.4, -0.2) is 33.3 Å². The number of unbranched alkanes of at least 4 members (excludes halogenated alkanes) is 2. The lowest BCUT2D eigenvalue weighted by molar-refractivity contribution is 0.677. The van der Waals surface area contributed by atoms with Crippen molar-refractivity contribution in [2.75, 3.05) is 18.0 Å². The van der Waals surface area contributed by atoms with Crippen LogP contribution in [0.2, 0.25) is 0 Å². The normalized spacial score (nSPS) is 11.0. The molecule has 0 N–H and O–H groups in total. The minimum Gasteiger partial charge on any atom is -0.371 e. The van der Waals surface area contributed by atoms with E-state index < -0.39 is 0 Å². The summed E-state index contributed by atoms with van der Waals surface area (Å²) in [7, 11) is 1.91. The van der Waals surface area contributed by atoms with Crippen molar-refractivity contribution in [3.05, 3.63) is 23.3 Å². The van der Waals surface area contributed by atoms with Gasteiger partial charge < -0.3 is 4.90 Å². The van der Waals surface area contributed by atoms with Gasteiger partial charge in [-0.1, -0.05) is 33.6 Å². The van der Waals surface area contributed by atoms with Crippen LogP contribution in [-0.2, 0) is 13.5 Å². The van der Waals surface area contributed by atoms with Crippen LogP contribution in [0.25, 0.3) is 11.4 Å².